The van der Waals surface area contributed by atoms with E-state index in [1.165, 1.54) is 0 Å². The average Bonchev–Trinajstić information content (AvgIpc) is 3.40. The van der Waals surface area contributed by atoms with Crippen LogP contribution in [0.3, 0.4) is 0 Å². The number of hydrogen-bond acceptors (Lipinski definition) is 5. The normalized spacial score (nSPS) is 16.9. The minimum absolute atomic E-state index is 0.0329. The second-order valence-electron chi connectivity index (χ2n) is 7.50. The smallest absolute Gasteiger partial charge is 0.257 e. The van der Waals surface area contributed by atoms with Gasteiger partial charge in [-0.2, -0.15) is 5.10 Å². The fourth-order valence-electron chi connectivity index (χ4n) is 4.01. The van der Waals surface area contributed by atoms with Gasteiger partial charge in [0.15, 0.2) is 0 Å². The number of nitrogens with two attached hydrogens (primary N) is 1. The van der Waals surface area contributed by atoms with E-state index in [0.717, 1.165) is 48.4 Å². The van der Waals surface area contributed by atoms with Crippen molar-refractivity contribution >= 4 is 5.91 Å². The Morgan fingerprint density at radius 2 is 2.14 bits per heavy atom. The lowest BCUT2D eigenvalue weighted by atomic mass is 10.0. The zero-order valence-corrected chi connectivity index (χ0v) is 17.0. The van der Waals surface area contributed by atoms with E-state index in [1.54, 1.807) is 6.20 Å². The maximum Gasteiger partial charge on any atom is 0.257 e. The summed E-state index contributed by atoms with van der Waals surface area (Å²) in [5.41, 5.74) is 10.2. The monoisotopic (exact) mass is 393 g/mol. The lowest BCUT2D eigenvalue weighted by Gasteiger charge is -2.32. The maximum absolute atomic E-state index is 13.4. The number of nitrogens with zero attached hydrogens (tertiary/aromatic N) is 6. The molecule has 8 heteroatoms. The lowest BCUT2D eigenvalue weighted by molar-refractivity contribution is 0.0670. The van der Waals surface area contributed by atoms with Crippen molar-refractivity contribution in [1.82, 2.24) is 29.7 Å². The second-order valence-corrected chi connectivity index (χ2v) is 7.50. The van der Waals surface area contributed by atoms with Gasteiger partial charge in [-0.15, -0.1) is 5.10 Å². The highest BCUT2D eigenvalue weighted by Crippen LogP contribution is 2.25. The number of rotatable bonds is 5. The second kappa shape index (κ2) is 8.16. The molecule has 0 bridgehead atoms. The molecule has 1 amide bonds. The van der Waals surface area contributed by atoms with Crippen LogP contribution in [0.25, 0.3) is 5.69 Å². The first kappa shape index (κ1) is 19.3. The zero-order valence-electron chi connectivity index (χ0n) is 17.0. The number of benzene rings is 1. The fourth-order valence-corrected chi connectivity index (χ4v) is 4.01. The van der Waals surface area contributed by atoms with Gasteiger partial charge in [-0.05, 0) is 37.8 Å². The Hall–Kier alpha value is -3.00. The van der Waals surface area contributed by atoms with Gasteiger partial charge >= 0.3 is 0 Å². The van der Waals surface area contributed by atoms with Gasteiger partial charge in [0.25, 0.3) is 5.91 Å². The minimum Gasteiger partial charge on any atom is -0.336 e. The van der Waals surface area contributed by atoms with Crippen LogP contribution in [0.2, 0.25) is 0 Å². The third-order valence-electron chi connectivity index (χ3n) is 5.60. The number of amides is 1. The van der Waals surface area contributed by atoms with Crippen molar-refractivity contribution < 1.29 is 4.79 Å². The number of likely N-dealkylation sites (tertiary alicyclic amines) is 1. The Morgan fingerprint density at radius 1 is 1.31 bits per heavy atom. The Bertz CT molecular complexity index is 1010. The van der Waals surface area contributed by atoms with Crippen molar-refractivity contribution in [2.75, 3.05) is 13.1 Å². The summed E-state index contributed by atoms with van der Waals surface area (Å²) >= 11 is 0. The number of carbonyl (C=O) groups is 1. The van der Waals surface area contributed by atoms with Gasteiger partial charge in [0, 0.05) is 19.6 Å². The largest absolute Gasteiger partial charge is 0.336 e. The maximum atomic E-state index is 13.4. The van der Waals surface area contributed by atoms with Crippen LogP contribution in [0.5, 0.6) is 0 Å². The molecule has 4 rings (SSSR count). The lowest BCUT2D eigenvalue weighted by Crippen LogP contribution is -2.41. The van der Waals surface area contributed by atoms with Crippen LogP contribution in [0.1, 0.15) is 53.1 Å². The highest BCUT2D eigenvalue weighted by atomic mass is 16.2. The Kier molecular flexibility index (Phi) is 5.44. The molecule has 0 spiro atoms. The molecule has 3 aromatic rings. The molecule has 1 aromatic carbocycles. The van der Waals surface area contributed by atoms with Crippen LogP contribution in [0, 0.1) is 6.92 Å². The predicted octanol–water partition coefficient (Wildman–Crippen LogP) is 2.27. The molecule has 152 valence electrons. The number of para-hydroxylation sites is 1. The highest BCUT2D eigenvalue weighted by molar-refractivity contribution is 5.95. The molecule has 1 aliphatic heterocycles. The van der Waals surface area contributed by atoms with Crippen LogP contribution in [-0.4, -0.2) is 48.7 Å². The van der Waals surface area contributed by atoms with E-state index in [4.69, 9.17) is 5.73 Å². The molecular formula is C21H27N7O. The SMILES string of the molecule is CCc1c(C(=O)N2CCCC(n3cc(CN)nn3)C2)cnn1-c1ccccc1C. The molecule has 2 N–H and O–H groups in total. The van der Waals surface area contributed by atoms with Crippen LogP contribution >= 0.6 is 0 Å². The third kappa shape index (κ3) is 3.67. The first-order valence-electron chi connectivity index (χ1n) is 10.1. The van der Waals surface area contributed by atoms with E-state index in [9.17, 15) is 4.79 Å². The summed E-state index contributed by atoms with van der Waals surface area (Å²) < 4.78 is 3.74. The van der Waals surface area contributed by atoms with Crippen molar-refractivity contribution in [3.05, 3.63) is 59.2 Å². The standard InChI is InChI=1S/C21H27N7O/c1-3-19-18(12-23-28(19)20-9-5-4-7-15(20)2)21(29)26-10-6-8-17(14-26)27-13-16(11-22)24-25-27/h4-5,7,9,12-13,17H,3,6,8,10-11,14,22H2,1-2H3. The van der Waals surface area contributed by atoms with E-state index in [-0.39, 0.29) is 11.9 Å². The van der Waals surface area contributed by atoms with E-state index < -0.39 is 0 Å². The quantitative estimate of drug-likeness (QED) is 0.717. The van der Waals surface area contributed by atoms with Gasteiger partial charge in [0.2, 0.25) is 0 Å². The summed E-state index contributed by atoms with van der Waals surface area (Å²) in [6, 6.07) is 8.21. The molecule has 1 aliphatic rings. The molecule has 8 nitrogen and oxygen atoms in total. The molecule has 29 heavy (non-hydrogen) atoms. The summed E-state index contributed by atoms with van der Waals surface area (Å²) in [4.78, 5) is 15.3. The number of carbonyl (C=O) groups excluding carboxylic acids is 1. The number of aryl methyl sites for hydroxylation is 1. The van der Waals surface area contributed by atoms with E-state index >= 15 is 0 Å². The van der Waals surface area contributed by atoms with E-state index in [2.05, 4.69) is 35.3 Å². The topological polar surface area (TPSA) is 94.9 Å². The Balaban J connectivity index is 1.58. The van der Waals surface area contributed by atoms with Gasteiger partial charge in [0.05, 0.1) is 41.1 Å². The average molecular weight is 393 g/mol. The highest BCUT2D eigenvalue weighted by Gasteiger charge is 2.29. The molecule has 2 aromatic heterocycles. The Morgan fingerprint density at radius 3 is 2.86 bits per heavy atom. The first-order chi connectivity index (χ1) is 14.1. The minimum atomic E-state index is 0.0329. The van der Waals surface area contributed by atoms with Crippen molar-refractivity contribution in [3.8, 4) is 5.69 Å². The number of piperidine rings is 1. The molecule has 1 saturated heterocycles. The van der Waals surface area contributed by atoms with E-state index in [1.807, 2.05) is 38.7 Å². The molecule has 0 saturated carbocycles. The summed E-state index contributed by atoms with van der Waals surface area (Å²) in [5.74, 6) is 0.0329. The van der Waals surface area contributed by atoms with Gasteiger partial charge in [-0.25, -0.2) is 9.36 Å². The van der Waals surface area contributed by atoms with Crippen molar-refractivity contribution in [2.24, 2.45) is 5.73 Å². The van der Waals surface area contributed by atoms with Crippen LogP contribution in [-0.2, 0) is 13.0 Å². The molecule has 1 unspecified atom stereocenters. The molecule has 0 radical (unpaired) electrons. The first-order valence-corrected chi connectivity index (χ1v) is 10.1. The van der Waals surface area contributed by atoms with Gasteiger partial charge in [0.1, 0.15) is 0 Å². The van der Waals surface area contributed by atoms with Crippen LogP contribution < -0.4 is 5.73 Å². The number of aromatic nitrogens is 5. The zero-order chi connectivity index (χ0) is 20.4. The van der Waals surface area contributed by atoms with Crippen LogP contribution in [0.15, 0.2) is 36.7 Å². The molecular weight excluding hydrogens is 366 g/mol. The molecule has 3 heterocycles. The van der Waals surface area contributed by atoms with Gasteiger partial charge in [-0.3, -0.25) is 4.79 Å². The Labute approximate surface area is 170 Å². The summed E-state index contributed by atoms with van der Waals surface area (Å²) in [6.07, 6.45) is 6.23. The molecule has 0 aliphatic carbocycles. The van der Waals surface area contributed by atoms with Crippen molar-refractivity contribution in [1.29, 1.82) is 0 Å². The van der Waals surface area contributed by atoms with Crippen LogP contribution in [0.4, 0.5) is 0 Å². The van der Waals surface area contributed by atoms with E-state index in [0.29, 0.717) is 18.7 Å². The van der Waals surface area contributed by atoms with Gasteiger partial charge < -0.3 is 10.6 Å². The summed E-state index contributed by atoms with van der Waals surface area (Å²) in [6.45, 7) is 5.84. The van der Waals surface area contributed by atoms with Crippen molar-refractivity contribution in [2.45, 2.75) is 45.7 Å². The van der Waals surface area contributed by atoms with Crippen molar-refractivity contribution in [3.63, 3.8) is 0 Å². The number of hydrogen-bond donors (Lipinski definition) is 1. The summed E-state index contributed by atoms with van der Waals surface area (Å²) in [7, 11) is 0. The summed E-state index contributed by atoms with van der Waals surface area (Å²) in [5, 5.41) is 12.8. The molecule has 1 atom stereocenters. The predicted molar refractivity (Wildman–Crippen MR) is 110 cm³/mol. The molecule has 1 fully saturated rings. The van der Waals surface area contributed by atoms with Gasteiger partial charge in [-0.1, -0.05) is 30.3 Å². The third-order valence-corrected chi connectivity index (χ3v) is 5.60. The fraction of sp³-hybridized carbons (Fsp3) is 0.429.